The number of hydrogen-bond acceptors (Lipinski definition) is 4. The number of aromatic nitrogens is 3. The van der Waals surface area contributed by atoms with Gasteiger partial charge >= 0.3 is 0 Å². The largest absolute Gasteiger partial charge is 0.383 e. The number of hydrogen-bond donors (Lipinski definition) is 1. The molecule has 0 aliphatic carbocycles. The second-order valence-electron chi connectivity index (χ2n) is 6.96. The molecule has 6 heteroatoms. The van der Waals surface area contributed by atoms with Gasteiger partial charge in [0.2, 0.25) is 0 Å². The molecule has 0 atom stereocenters. The molecule has 0 unspecified atom stereocenters. The predicted molar refractivity (Wildman–Crippen MR) is 117 cm³/mol. The summed E-state index contributed by atoms with van der Waals surface area (Å²) in [6.45, 7) is 5.42. The topological polar surface area (TPSA) is 61.1 Å². The van der Waals surface area contributed by atoms with E-state index in [4.69, 9.17) is 4.74 Å². The molecule has 0 aliphatic rings. The first-order valence-corrected chi connectivity index (χ1v) is 9.60. The van der Waals surface area contributed by atoms with Gasteiger partial charge in [0, 0.05) is 41.8 Å². The summed E-state index contributed by atoms with van der Waals surface area (Å²) < 4.78 is 8.64. The van der Waals surface area contributed by atoms with E-state index in [0.717, 1.165) is 40.4 Å². The SMILES string of the molecule is COCCNc1ccc(-n2c(C)c3cnn(-c4ccccc4)c(=O)c3c2C)cc1. The van der Waals surface area contributed by atoms with Crippen molar-refractivity contribution in [1.82, 2.24) is 14.3 Å². The fraction of sp³-hybridized carbons (Fsp3) is 0.217. The Morgan fingerprint density at radius 2 is 1.69 bits per heavy atom. The molecule has 4 aromatic rings. The highest BCUT2D eigenvalue weighted by Gasteiger charge is 2.17. The minimum absolute atomic E-state index is 0.106. The molecule has 2 heterocycles. The van der Waals surface area contributed by atoms with E-state index in [1.54, 1.807) is 13.3 Å². The molecule has 0 saturated heterocycles. The smallest absolute Gasteiger partial charge is 0.281 e. The zero-order chi connectivity index (χ0) is 20.4. The average molecular weight is 388 g/mol. The fourth-order valence-corrected chi connectivity index (χ4v) is 3.73. The highest BCUT2D eigenvalue weighted by atomic mass is 16.5. The maximum absolute atomic E-state index is 13.2. The number of fused-ring (bicyclic) bond motifs is 1. The van der Waals surface area contributed by atoms with Gasteiger partial charge in [-0.2, -0.15) is 9.78 Å². The first-order chi connectivity index (χ1) is 14.1. The van der Waals surface area contributed by atoms with Crippen LogP contribution in [0.4, 0.5) is 5.69 Å². The van der Waals surface area contributed by atoms with Gasteiger partial charge in [-0.3, -0.25) is 4.79 Å². The summed E-state index contributed by atoms with van der Waals surface area (Å²) in [6.07, 6.45) is 1.78. The van der Waals surface area contributed by atoms with Gasteiger partial charge in [-0.25, -0.2) is 0 Å². The summed E-state index contributed by atoms with van der Waals surface area (Å²) in [6, 6.07) is 17.7. The van der Waals surface area contributed by atoms with E-state index in [2.05, 4.69) is 27.1 Å². The molecule has 2 aromatic carbocycles. The first-order valence-electron chi connectivity index (χ1n) is 9.60. The lowest BCUT2D eigenvalue weighted by atomic mass is 10.2. The third kappa shape index (κ3) is 3.43. The minimum Gasteiger partial charge on any atom is -0.383 e. The van der Waals surface area contributed by atoms with Crippen molar-refractivity contribution in [2.24, 2.45) is 0 Å². The van der Waals surface area contributed by atoms with Gasteiger partial charge in [0.05, 0.1) is 23.9 Å². The Morgan fingerprint density at radius 1 is 0.966 bits per heavy atom. The van der Waals surface area contributed by atoms with Crippen molar-refractivity contribution < 1.29 is 4.74 Å². The van der Waals surface area contributed by atoms with Crippen molar-refractivity contribution in [2.75, 3.05) is 25.6 Å². The molecule has 29 heavy (non-hydrogen) atoms. The van der Waals surface area contributed by atoms with Crippen molar-refractivity contribution in [3.63, 3.8) is 0 Å². The van der Waals surface area contributed by atoms with Crippen LogP contribution in [-0.4, -0.2) is 34.6 Å². The van der Waals surface area contributed by atoms with Crippen LogP contribution in [0.2, 0.25) is 0 Å². The lowest BCUT2D eigenvalue weighted by molar-refractivity contribution is 0.211. The van der Waals surface area contributed by atoms with Gasteiger partial charge in [-0.05, 0) is 50.2 Å². The van der Waals surface area contributed by atoms with Gasteiger partial charge in [-0.15, -0.1) is 0 Å². The Kier molecular flexibility index (Phi) is 5.18. The van der Waals surface area contributed by atoms with Crippen LogP contribution in [0.5, 0.6) is 0 Å². The minimum atomic E-state index is -0.106. The van der Waals surface area contributed by atoms with Crippen LogP contribution in [0.1, 0.15) is 11.4 Å². The second kappa shape index (κ2) is 7.93. The zero-order valence-corrected chi connectivity index (χ0v) is 16.8. The Balaban J connectivity index is 1.78. The number of rotatable bonds is 6. The van der Waals surface area contributed by atoms with Crippen molar-refractivity contribution in [1.29, 1.82) is 0 Å². The summed E-state index contributed by atoms with van der Waals surface area (Å²) in [5, 5.41) is 9.30. The van der Waals surface area contributed by atoms with Crippen molar-refractivity contribution >= 4 is 16.5 Å². The highest BCUT2D eigenvalue weighted by molar-refractivity contribution is 5.88. The molecular weight excluding hydrogens is 364 g/mol. The Labute approximate surface area is 169 Å². The van der Waals surface area contributed by atoms with Crippen LogP contribution < -0.4 is 10.9 Å². The second-order valence-corrected chi connectivity index (χ2v) is 6.96. The summed E-state index contributed by atoms with van der Waals surface area (Å²) in [5.41, 5.74) is 4.61. The Bertz CT molecular complexity index is 1190. The number of para-hydroxylation sites is 1. The molecule has 148 valence electrons. The summed E-state index contributed by atoms with van der Waals surface area (Å²) in [4.78, 5) is 13.2. The van der Waals surface area contributed by atoms with E-state index < -0.39 is 0 Å². The van der Waals surface area contributed by atoms with E-state index in [1.165, 1.54) is 4.68 Å². The molecular formula is C23H24N4O2. The van der Waals surface area contributed by atoms with E-state index in [1.807, 2.05) is 56.3 Å². The number of ether oxygens (including phenoxy) is 1. The Morgan fingerprint density at radius 3 is 2.38 bits per heavy atom. The maximum Gasteiger partial charge on any atom is 0.281 e. The molecule has 0 radical (unpaired) electrons. The number of aryl methyl sites for hydroxylation is 2. The van der Waals surface area contributed by atoms with Gasteiger partial charge in [0.15, 0.2) is 0 Å². The predicted octanol–water partition coefficient (Wildman–Crippen LogP) is 3.85. The van der Waals surface area contributed by atoms with Crippen molar-refractivity contribution in [3.05, 3.63) is 82.5 Å². The molecule has 0 spiro atoms. The molecule has 0 amide bonds. The first kappa shape index (κ1) is 19.0. The van der Waals surface area contributed by atoms with Crippen LogP contribution in [0.3, 0.4) is 0 Å². The third-order valence-corrected chi connectivity index (χ3v) is 5.16. The van der Waals surface area contributed by atoms with Gasteiger partial charge in [0.1, 0.15) is 0 Å². The molecule has 2 aromatic heterocycles. The van der Waals surface area contributed by atoms with E-state index in [9.17, 15) is 4.79 Å². The number of nitrogens with zero attached hydrogens (tertiary/aromatic N) is 3. The van der Waals surface area contributed by atoms with Crippen LogP contribution in [0, 0.1) is 13.8 Å². The quantitative estimate of drug-likeness (QED) is 0.510. The molecule has 0 aliphatic heterocycles. The number of anilines is 1. The standard InChI is InChI=1S/C23H24N4O2/c1-16-21-15-25-27(20-7-5-4-6-8-20)23(28)22(21)17(2)26(16)19-11-9-18(10-12-19)24-13-14-29-3/h4-12,15,24H,13-14H2,1-3H3. The van der Waals surface area contributed by atoms with Crippen LogP contribution in [-0.2, 0) is 4.74 Å². The van der Waals surface area contributed by atoms with Gasteiger partial charge < -0.3 is 14.6 Å². The number of nitrogens with one attached hydrogen (secondary N) is 1. The zero-order valence-electron chi connectivity index (χ0n) is 16.8. The van der Waals surface area contributed by atoms with E-state index in [-0.39, 0.29) is 5.56 Å². The molecule has 0 fully saturated rings. The van der Waals surface area contributed by atoms with Crippen molar-refractivity contribution in [3.8, 4) is 11.4 Å². The number of benzene rings is 2. The molecule has 0 saturated carbocycles. The average Bonchev–Trinajstić information content (AvgIpc) is 3.00. The monoisotopic (exact) mass is 388 g/mol. The summed E-state index contributed by atoms with van der Waals surface area (Å²) in [7, 11) is 1.69. The fourth-order valence-electron chi connectivity index (χ4n) is 3.73. The lowest BCUT2D eigenvalue weighted by Gasteiger charge is -2.11. The Hall–Kier alpha value is -3.38. The van der Waals surface area contributed by atoms with Gasteiger partial charge in [-0.1, -0.05) is 18.2 Å². The van der Waals surface area contributed by atoms with Gasteiger partial charge in [0.25, 0.3) is 5.56 Å². The summed E-state index contributed by atoms with van der Waals surface area (Å²) >= 11 is 0. The summed E-state index contributed by atoms with van der Waals surface area (Å²) in [5.74, 6) is 0. The maximum atomic E-state index is 13.2. The van der Waals surface area contributed by atoms with E-state index >= 15 is 0 Å². The molecule has 0 bridgehead atoms. The number of methoxy groups -OCH3 is 1. The van der Waals surface area contributed by atoms with Crippen LogP contribution in [0.25, 0.3) is 22.1 Å². The third-order valence-electron chi connectivity index (χ3n) is 5.16. The molecule has 6 nitrogen and oxygen atoms in total. The van der Waals surface area contributed by atoms with Crippen LogP contribution in [0.15, 0.2) is 65.6 Å². The van der Waals surface area contributed by atoms with Crippen molar-refractivity contribution in [2.45, 2.75) is 13.8 Å². The van der Waals surface area contributed by atoms with Crippen LogP contribution >= 0.6 is 0 Å². The highest BCUT2D eigenvalue weighted by Crippen LogP contribution is 2.27. The molecule has 4 rings (SSSR count). The molecule has 1 N–H and O–H groups in total. The van der Waals surface area contributed by atoms with E-state index in [0.29, 0.717) is 12.0 Å². The lowest BCUT2D eigenvalue weighted by Crippen LogP contribution is -2.21. The normalized spacial score (nSPS) is 11.1.